The van der Waals surface area contributed by atoms with Crippen molar-refractivity contribution in [1.29, 1.82) is 0 Å². The summed E-state index contributed by atoms with van der Waals surface area (Å²) < 4.78 is 12.4. The number of nitrogens with zero attached hydrogens (tertiary/aromatic N) is 2. The highest BCUT2D eigenvalue weighted by molar-refractivity contribution is 7.99. The number of carbonyl (C=O) groups is 1. The zero-order valence-electron chi connectivity index (χ0n) is 15.3. The number of aliphatic imine (C=N–C) groups is 1. The molecular weight excluding hydrogens is 373 g/mol. The number of carbonyl (C=O) groups excluding carboxylic acids is 1. The molecule has 0 bridgehead atoms. The highest BCUT2D eigenvalue weighted by Gasteiger charge is 2.20. The number of amides is 1. The summed E-state index contributed by atoms with van der Waals surface area (Å²) in [6.07, 6.45) is 0. The third kappa shape index (κ3) is 3.68. The van der Waals surface area contributed by atoms with Crippen molar-refractivity contribution in [3.63, 3.8) is 0 Å². The van der Waals surface area contributed by atoms with Gasteiger partial charge in [0, 0.05) is 33.2 Å². The fraction of sp³-hybridized carbons (Fsp3) is 0.136. The van der Waals surface area contributed by atoms with Crippen LogP contribution in [0.15, 0.2) is 75.4 Å². The molecule has 0 atom stereocenters. The number of nitrogens with one attached hydrogen (secondary N) is 1. The number of aromatic nitrogens is 1. The average molecular weight is 391 g/mol. The van der Waals surface area contributed by atoms with Crippen LogP contribution >= 0.6 is 11.8 Å². The minimum Gasteiger partial charge on any atom is -0.349 e. The molecule has 6 heteroatoms. The quantitative estimate of drug-likeness (QED) is 0.547. The predicted octanol–water partition coefficient (Wildman–Crippen LogP) is 4.72. The van der Waals surface area contributed by atoms with Crippen LogP contribution in [0.4, 0.5) is 10.1 Å². The molecule has 0 fully saturated rings. The summed E-state index contributed by atoms with van der Waals surface area (Å²) in [6, 6.07) is 19.3. The number of halogens is 1. The topological polar surface area (TPSA) is 54.4 Å². The van der Waals surface area contributed by atoms with E-state index in [4.69, 9.17) is 4.99 Å². The molecule has 0 saturated carbocycles. The van der Waals surface area contributed by atoms with Gasteiger partial charge in [0.05, 0.1) is 17.1 Å². The Labute approximate surface area is 166 Å². The molecule has 1 N–H and O–H groups in total. The molecule has 2 heterocycles. The van der Waals surface area contributed by atoms with Gasteiger partial charge in [-0.2, -0.15) is 0 Å². The maximum absolute atomic E-state index is 12.4. The largest absolute Gasteiger partial charge is 0.349 e. The highest BCUT2D eigenvalue weighted by atomic mass is 32.2. The SMILES string of the molecule is Cc1cccc(C2=Nc3cc(C(=O)NCCF)ccc3Sc3ccccc32)n1. The predicted molar refractivity (Wildman–Crippen MR) is 110 cm³/mol. The number of alkyl halides is 1. The van der Waals surface area contributed by atoms with Crippen LogP contribution < -0.4 is 5.32 Å². The third-order valence-corrected chi connectivity index (χ3v) is 5.47. The Kier molecular flexibility index (Phi) is 5.21. The molecule has 0 saturated heterocycles. The Bertz CT molecular complexity index is 1080. The first kappa shape index (κ1) is 18.4. The summed E-state index contributed by atoms with van der Waals surface area (Å²) in [6.45, 7) is 1.35. The van der Waals surface area contributed by atoms with E-state index in [1.54, 1.807) is 23.9 Å². The normalized spacial score (nSPS) is 12.4. The first-order valence-electron chi connectivity index (χ1n) is 8.94. The molecule has 1 aliphatic rings. The van der Waals surface area contributed by atoms with Crippen LogP contribution in [0.2, 0.25) is 0 Å². The summed E-state index contributed by atoms with van der Waals surface area (Å²) in [5.41, 5.74) is 4.63. The fourth-order valence-corrected chi connectivity index (χ4v) is 4.02. The molecule has 1 amide bonds. The number of hydrogen-bond acceptors (Lipinski definition) is 4. The van der Waals surface area contributed by atoms with Gasteiger partial charge in [-0.15, -0.1) is 0 Å². The van der Waals surface area contributed by atoms with Crippen molar-refractivity contribution in [2.24, 2.45) is 4.99 Å². The average Bonchev–Trinajstić information content (AvgIpc) is 2.88. The summed E-state index contributed by atoms with van der Waals surface area (Å²) in [7, 11) is 0. The van der Waals surface area contributed by atoms with Crippen molar-refractivity contribution in [3.8, 4) is 0 Å². The van der Waals surface area contributed by atoms with Gasteiger partial charge in [0.2, 0.25) is 0 Å². The van der Waals surface area contributed by atoms with Gasteiger partial charge < -0.3 is 5.32 Å². The summed E-state index contributed by atoms with van der Waals surface area (Å²) >= 11 is 1.61. The first-order chi connectivity index (χ1) is 13.7. The van der Waals surface area contributed by atoms with Gasteiger partial charge in [0.25, 0.3) is 5.91 Å². The molecule has 4 nitrogen and oxygen atoms in total. The number of hydrogen-bond donors (Lipinski definition) is 1. The van der Waals surface area contributed by atoms with Gasteiger partial charge >= 0.3 is 0 Å². The molecule has 28 heavy (non-hydrogen) atoms. The maximum atomic E-state index is 12.4. The molecule has 0 unspecified atom stereocenters. The van der Waals surface area contributed by atoms with Crippen molar-refractivity contribution in [1.82, 2.24) is 10.3 Å². The van der Waals surface area contributed by atoms with E-state index in [0.29, 0.717) is 11.3 Å². The van der Waals surface area contributed by atoms with E-state index >= 15 is 0 Å². The Morgan fingerprint density at radius 2 is 1.93 bits per heavy atom. The highest BCUT2D eigenvalue weighted by Crippen LogP contribution is 2.41. The van der Waals surface area contributed by atoms with Crippen LogP contribution in [0.3, 0.4) is 0 Å². The molecule has 3 aromatic rings. The second kappa shape index (κ2) is 7.94. The van der Waals surface area contributed by atoms with Crippen LogP contribution in [0.5, 0.6) is 0 Å². The number of aryl methyl sites for hydroxylation is 1. The van der Waals surface area contributed by atoms with E-state index in [0.717, 1.165) is 32.5 Å². The molecule has 2 aromatic carbocycles. The second-order valence-electron chi connectivity index (χ2n) is 6.35. The molecule has 140 valence electrons. The van der Waals surface area contributed by atoms with Gasteiger partial charge in [-0.05, 0) is 43.3 Å². The zero-order valence-corrected chi connectivity index (χ0v) is 16.1. The molecule has 0 radical (unpaired) electrons. The standard InChI is InChI=1S/C22H18FN3OS/c1-14-5-4-7-17(25-14)21-16-6-2-3-8-19(16)28-20-10-9-15(13-18(20)26-21)22(27)24-12-11-23/h2-10,13H,11-12H2,1H3,(H,24,27). The third-order valence-electron chi connectivity index (χ3n) is 4.33. The van der Waals surface area contributed by atoms with E-state index in [1.807, 2.05) is 49.4 Å². The molecule has 1 aromatic heterocycles. The van der Waals surface area contributed by atoms with E-state index < -0.39 is 6.67 Å². The van der Waals surface area contributed by atoms with Crippen LogP contribution in [0.1, 0.15) is 27.3 Å². The summed E-state index contributed by atoms with van der Waals surface area (Å²) in [5.74, 6) is -0.308. The summed E-state index contributed by atoms with van der Waals surface area (Å²) in [5, 5.41) is 2.56. The lowest BCUT2D eigenvalue weighted by Crippen LogP contribution is -2.25. The smallest absolute Gasteiger partial charge is 0.251 e. The van der Waals surface area contributed by atoms with Gasteiger partial charge in [0.1, 0.15) is 6.67 Å². The molecule has 0 spiro atoms. The molecule has 4 rings (SSSR count). The minimum atomic E-state index is -0.594. The first-order valence-corrected chi connectivity index (χ1v) is 9.75. The van der Waals surface area contributed by atoms with Crippen molar-refractivity contribution in [3.05, 3.63) is 83.2 Å². The molecule has 1 aliphatic heterocycles. The van der Waals surface area contributed by atoms with E-state index in [-0.39, 0.29) is 12.5 Å². The van der Waals surface area contributed by atoms with Crippen molar-refractivity contribution >= 4 is 29.1 Å². The lowest BCUT2D eigenvalue weighted by molar-refractivity contribution is 0.0951. The van der Waals surface area contributed by atoms with Gasteiger partial charge in [0.15, 0.2) is 0 Å². The number of fused-ring (bicyclic) bond motifs is 2. The second-order valence-corrected chi connectivity index (χ2v) is 7.43. The fourth-order valence-electron chi connectivity index (χ4n) is 3.02. The van der Waals surface area contributed by atoms with E-state index in [2.05, 4.69) is 16.4 Å². The molecular formula is C22H18FN3OS. The number of benzene rings is 2. The van der Waals surface area contributed by atoms with Crippen molar-refractivity contribution in [2.45, 2.75) is 16.7 Å². The van der Waals surface area contributed by atoms with Crippen LogP contribution in [0.25, 0.3) is 0 Å². The Morgan fingerprint density at radius 3 is 2.75 bits per heavy atom. The van der Waals surface area contributed by atoms with Crippen molar-refractivity contribution < 1.29 is 9.18 Å². The van der Waals surface area contributed by atoms with E-state index in [1.165, 1.54) is 0 Å². The Morgan fingerprint density at radius 1 is 1.07 bits per heavy atom. The monoisotopic (exact) mass is 391 g/mol. The Balaban J connectivity index is 1.85. The number of pyridine rings is 1. The van der Waals surface area contributed by atoms with Crippen LogP contribution in [-0.2, 0) is 0 Å². The van der Waals surface area contributed by atoms with Gasteiger partial charge in [-0.25, -0.2) is 9.38 Å². The van der Waals surface area contributed by atoms with E-state index in [9.17, 15) is 9.18 Å². The lowest BCUT2D eigenvalue weighted by atomic mass is 10.1. The molecule has 0 aliphatic carbocycles. The Hall–Kier alpha value is -2.99. The number of rotatable bonds is 4. The maximum Gasteiger partial charge on any atom is 0.251 e. The lowest BCUT2D eigenvalue weighted by Gasteiger charge is -2.08. The van der Waals surface area contributed by atoms with Crippen LogP contribution in [-0.4, -0.2) is 29.8 Å². The van der Waals surface area contributed by atoms with Gasteiger partial charge in [-0.3, -0.25) is 9.78 Å². The zero-order chi connectivity index (χ0) is 19.5. The van der Waals surface area contributed by atoms with Crippen molar-refractivity contribution in [2.75, 3.05) is 13.2 Å². The summed E-state index contributed by atoms with van der Waals surface area (Å²) in [4.78, 5) is 23.8. The van der Waals surface area contributed by atoms with Crippen LogP contribution in [0, 0.1) is 6.92 Å². The van der Waals surface area contributed by atoms with Gasteiger partial charge in [-0.1, -0.05) is 36.0 Å². The minimum absolute atomic E-state index is 0.00214.